The number of rotatable bonds is 4. The zero-order valence-electron chi connectivity index (χ0n) is 13.0. The standard InChI is InChI=1S/C19H20O3/c1-21-17-11-14-8-9-15(10-13-6-4-3-5-7-13)19(20)16(14)12-18(17)22-2/h3-7,11-12,15H,8-10H2,1-2H3. The summed E-state index contributed by atoms with van der Waals surface area (Å²) in [4.78, 5) is 12.8. The van der Waals surface area contributed by atoms with Crippen LogP contribution in [0.25, 0.3) is 0 Å². The fraction of sp³-hybridized carbons (Fsp3) is 0.316. The van der Waals surface area contributed by atoms with E-state index in [1.165, 1.54) is 5.56 Å². The van der Waals surface area contributed by atoms with Crippen LogP contribution in [0.1, 0.15) is 27.9 Å². The van der Waals surface area contributed by atoms with Gasteiger partial charge in [0.25, 0.3) is 0 Å². The lowest BCUT2D eigenvalue weighted by Crippen LogP contribution is -2.24. The molecule has 3 nitrogen and oxygen atoms in total. The second-order valence-corrected chi connectivity index (χ2v) is 5.65. The van der Waals surface area contributed by atoms with Gasteiger partial charge in [-0.25, -0.2) is 0 Å². The quantitative estimate of drug-likeness (QED) is 0.863. The number of Topliss-reactive ketones (excluding diaryl/α,β-unsaturated/α-hetero) is 1. The maximum atomic E-state index is 12.8. The number of hydrogen-bond acceptors (Lipinski definition) is 3. The topological polar surface area (TPSA) is 35.5 Å². The molecule has 1 aliphatic rings. The summed E-state index contributed by atoms with van der Waals surface area (Å²) in [5.74, 6) is 1.57. The number of ketones is 1. The van der Waals surface area contributed by atoms with Crippen molar-refractivity contribution in [1.82, 2.24) is 0 Å². The van der Waals surface area contributed by atoms with E-state index in [0.29, 0.717) is 11.5 Å². The number of carbonyl (C=O) groups excluding carboxylic acids is 1. The number of carbonyl (C=O) groups is 1. The first-order valence-corrected chi connectivity index (χ1v) is 7.56. The highest BCUT2D eigenvalue weighted by Gasteiger charge is 2.29. The number of benzene rings is 2. The molecular formula is C19H20O3. The lowest BCUT2D eigenvalue weighted by Gasteiger charge is -2.24. The summed E-state index contributed by atoms with van der Waals surface area (Å²) in [6, 6.07) is 14.0. The third kappa shape index (κ3) is 2.71. The minimum Gasteiger partial charge on any atom is -0.493 e. The normalized spacial score (nSPS) is 17.0. The van der Waals surface area contributed by atoms with Gasteiger partial charge in [-0.3, -0.25) is 4.79 Å². The van der Waals surface area contributed by atoms with Gasteiger partial charge in [0, 0.05) is 11.5 Å². The van der Waals surface area contributed by atoms with Crippen LogP contribution in [0.15, 0.2) is 42.5 Å². The lowest BCUT2D eigenvalue weighted by molar-refractivity contribution is 0.0901. The molecule has 0 aliphatic heterocycles. The van der Waals surface area contributed by atoms with E-state index >= 15 is 0 Å². The van der Waals surface area contributed by atoms with Crippen LogP contribution in [0.2, 0.25) is 0 Å². The number of hydrogen-bond donors (Lipinski definition) is 0. The van der Waals surface area contributed by atoms with Crippen LogP contribution in [-0.4, -0.2) is 20.0 Å². The van der Waals surface area contributed by atoms with E-state index in [1.54, 1.807) is 14.2 Å². The summed E-state index contributed by atoms with van der Waals surface area (Å²) in [7, 11) is 3.21. The molecular weight excluding hydrogens is 276 g/mol. The van der Waals surface area contributed by atoms with Crippen molar-refractivity contribution in [2.45, 2.75) is 19.3 Å². The monoisotopic (exact) mass is 296 g/mol. The largest absolute Gasteiger partial charge is 0.493 e. The van der Waals surface area contributed by atoms with Crippen molar-refractivity contribution >= 4 is 5.78 Å². The van der Waals surface area contributed by atoms with E-state index in [9.17, 15) is 4.79 Å². The Morgan fingerprint density at radius 3 is 2.41 bits per heavy atom. The second-order valence-electron chi connectivity index (χ2n) is 5.65. The third-order valence-electron chi connectivity index (χ3n) is 4.33. The van der Waals surface area contributed by atoms with Gasteiger partial charge in [-0.15, -0.1) is 0 Å². The molecule has 2 aromatic carbocycles. The molecule has 1 aliphatic carbocycles. The van der Waals surface area contributed by atoms with Gasteiger partial charge >= 0.3 is 0 Å². The molecule has 0 heterocycles. The highest BCUT2D eigenvalue weighted by molar-refractivity contribution is 6.01. The predicted molar refractivity (Wildman–Crippen MR) is 85.8 cm³/mol. The van der Waals surface area contributed by atoms with Crippen LogP contribution in [0, 0.1) is 5.92 Å². The summed E-state index contributed by atoms with van der Waals surface area (Å²) < 4.78 is 10.7. The van der Waals surface area contributed by atoms with Gasteiger partial charge in [0.2, 0.25) is 0 Å². The van der Waals surface area contributed by atoms with Crippen molar-refractivity contribution in [3.05, 3.63) is 59.2 Å². The Bertz CT molecular complexity index is 677. The number of methoxy groups -OCH3 is 2. The van der Waals surface area contributed by atoms with Crippen LogP contribution < -0.4 is 9.47 Å². The minimum absolute atomic E-state index is 0.0491. The molecule has 1 unspecified atom stereocenters. The third-order valence-corrected chi connectivity index (χ3v) is 4.33. The molecule has 2 aromatic rings. The SMILES string of the molecule is COc1cc2c(cc1OC)C(=O)C(Cc1ccccc1)CC2. The molecule has 114 valence electrons. The molecule has 0 amide bonds. The van der Waals surface area contributed by atoms with E-state index < -0.39 is 0 Å². The van der Waals surface area contributed by atoms with Crippen molar-refractivity contribution < 1.29 is 14.3 Å². The smallest absolute Gasteiger partial charge is 0.166 e. The van der Waals surface area contributed by atoms with Crippen molar-refractivity contribution in [1.29, 1.82) is 0 Å². The Morgan fingerprint density at radius 1 is 1.05 bits per heavy atom. The van der Waals surface area contributed by atoms with Crippen molar-refractivity contribution in [2.24, 2.45) is 5.92 Å². The molecule has 0 saturated heterocycles. The van der Waals surface area contributed by atoms with Crippen LogP contribution in [0.3, 0.4) is 0 Å². The fourth-order valence-electron chi connectivity index (χ4n) is 3.13. The van der Waals surface area contributed by atoms with E-state index in [0.717, 1.165) is 30.4 Å². The zero-order chi connectivity index (χ0) is 15.5. The Balaban J connectivity index is 1.88. The Kier molecular flexibility index (Phi) is 4.14. The Hall–Kier alpha value is -2.29. The summed E-state index contributed by atoms with van der Waals surface area (Å²) in [6.45, 7) is 0. The summed E-state index contributed by atoms with van der Waals surface area (Å²) in [5.41, 5.74) is 3.06. The fourth-order valence-corrected chi connectivity index (χ4v) is 3.13. The summed E-state index contributed by atoms with van der Waals surface area (Å²) >= 11 is 0. The molecule has 3 rings (SSSR count). The number of aryl methyl sites for hydroxylation is 1. The molecule has 0 fully saturated rings. The molecule has 0 bridgehead atoms. The van der Waals surface area contributed by atoms with Gasteiger partial charge < -0.3 is 9.47 Å². The number of ether oxygens (including phenoxy) is 2. The second kappa shape index (κ2) is 6.22. The Labute approximate surface area is 130 Å². The van der Waals surface area contributed by atoms with Crippen LogP contribution in [-0.2, 0) is 12.8 Å². The lowest BCUT2D eigenvalue weighted by atomic mass is 9.79. The molecule has 0 saturated carbocycles. The van der Waals surface area contributed by atoms with Gasteiger partial charge in [-0.05, 0) is 42.5 Å². The first-order valence-electron chi connectivity index (χ1n) is 7.56. The highest BCUT2D eigenvalue weighted by Crippen LogP contribution is 2.36. The van der Waals surface area contributed by atoms with E-state index in [4.69, 9.17) is 9.47 Å². The molecule has 22 heavy (non-hydrogen) atoms. The average Bonchev–Trinajstić information content (AvgIpc) is 2.57. The van der Waals surface area contributed by atoms with E-state index in [2.05, 4.69) is 12.1 Å². The maximum Gasteiger partial charge on any atom is 0.166 e. The number of fused-ring (bicyclic) bond motifs is 1. The molecule has 1 atom stereocenters. The predicted octanol–water partition coefficient (Wildman–Crippen LogP) is 3.69. The molecule has 0 spiro atoms. The molecule has 0 aromatic heterocycles. The zero-order valence-corrected chi connectivity index (χ0v) is 13.0. The van der Waals surface area contributed by atoms with Gasteiger partial charge in [0.15, 0.2) is 17.3 Å². The minimum atomic E-state index is 0.0491. The van der Waals surface area contributed by atoms with Crippen molar-refractivity contribution in [3.8, 4) is 11.5 Å². The molecule has 0 radical (unpaired) electrons. The van der Waals surface area contributed by atoms with Crippen LogP contribution in [0.5, 0.6) is 11.5 Å². The van der Waals surface area contributed by atoms with Gasteiger partial charge in [-0.2, -0.15) is 0 Å². The van der Waals surface area contributed by atoms with Gasteiger partial charge in [0.1, 0.15) is 0 Å². The summed E-state index contributed by atoms with van der Waals surface area (Å²) in [5, 5.41) is 0. The van der Waals surface area contributed by atoms with Gasteiger partial charge in [-0.1, -0.05) is 30.3 Å². The van der Waals surface area contributed by atoms with Crippen LogP contribution >= 0.6 is 0 Å². The summed E-state index contributed by atoms with van der Waals surface area (Å²) in [6.07, 6.45) is 2.59. The Morgan fingerprint density at radius 2 is 1.73 bits per heavy atom. The van der Waals surface area contributed by atoms with Crippen molar-refractivity contribution in [2.75, 3.05) is 14.2 Å². The van der Waals surface area contributed by atoms with E-state index in [-0.39, 0.29) is 11.7 Å². The van der Waals surface area contributed by atoms with Crippen molar-refractivity contribution in [3.63, 3.8) is 0 Å². The first kappa shape index (κ1) is 14.6. The van der Waals surface area contributed by atoms with Crippen LogP contribution in [0.4, 0.5) is 0 Å². The van der Waals surface area contributed by atoms with Gasteiger partial charge in [0.05, 0.1) is 14.2 Å². The van der Waals surface area contributed by atoms with E-state index in [1.807, 2.05) is 30.3 Å². The molecule has 3 heteroatoms. The first-order chi connectivity index (χ1) is 10.7. The molecule has 0 N–H and O–H groups in total. The maximum absolute atomic E-state index is 12.8. The average molecular weight is 296 g/mol. The highest BCUT2D eigenvalue weighted by atomic mass is 16.5.